The molecule has 5 aliphatic carbocycles. The fourth-order valence-electron chi connectivity index (χ4n) is 10.6. The first-order chi connectivity index (χ1) is 14.5. The van der Waals surface area contributed by atoms with Crippen LogP contribution in [-0.2, 0) is 4.74 Å². The van der Waals surface area contributed by atoms with Crippen LogP contribution in [0.4, 0.5) is 0 Å². The lowest BCUT2D eigenvalue weighted by Crippen LogP contribution is -2.60. The molecule has 0 radical (unpaired) electrons. The number of ether oxygens (including phenoxy) is 1. The van der Waals surface area contributed by atoms with E-state index < -0.39 is 0 Å². The highest BCUT2D eigenvalue weighted by molar-refractivity contribution is 5.31. The van der Waals surface area contributed by atoms with Crippen molar-refractivity contribution in [2.24, 2.45) is 50.7 Å². The average molecular weight is 427 g/mol. The predicted octanol–water partition coefficient (Wildman–Crippen LogP) is 6.77. The third-order valence-electron chi connectivity index (χ3n) is 12.4. The molecule has 5 fully saturated rings. The van der Waals surface area contributed by atoms with Crippen LogP contribution in [0, 0.1) is 50.7 Å². The molecule has 1 heterocycles. The Morgan fingerprint density at radius 3 is 2.42 bits per heavy atom. The molecule has 0 amide bonds. The predicted molar refractivity (Wildman–Crippen MR) is 126 cm³/mol. The zero-order chi connectivity index (χ0) is 22.0. The minimum atomic E-state index is 0.163. The van der Waals surface area contributed by atoms with Crippen molar-refractivity contribution >= 4 is 0 Å². The maximum absolute atomic E-state index is 10.6. The van der Waals surface area contributed by atoms with Gasteiger partial charge in [0.1, 0.15) is 0 Å². The van der Waals surface area contributed by atoms with Gasteiger partial charge >= 0.3 is 0 Å². The second-order valence-corrected chi connectivity index (χ2v) is 14.7. The van der Waals surface area contributed by atoms with Gasteiger partial charge in [0, 0.05) is 12.0 Å². The minimum Gasteiger partial charge on any atom is -0.396 e. The lowest BCUT2D eigenvalue weighted by Gasteiger charge is -2.66. The SMILES string of the molecule is CC1(C)CC[C@]2(CO)CC[C@]3(C)C(=CC[C@H]4C3CC[C@H]3C(C)(C)[C@H]5O[C@H]5C[C@]43C)[C@@H]2C1. The van der Waals surface area contributed by atoms with Crippen LogP contribution in [0.5, 0.6) is 0 Å². The summed E-state index contributed by atoms with van der Waals surface area (Å²) in [6, 6.07) is 0. The molecule has 1 unspecified atom stereocenters. The van der Waals surface area contributed by atoms with Gasteiger partial charge in [0.25, 0.3) is 0 Å². The van der Waals surface area contributed by atoms with Gasteiger partial charge in [-0.3, -0.25) is 0 Å². The highest BCUT2D eigenvalue weighted by Gasteiger charge is 2.69. The lowest BCUT2D eigenvalue weighted by molar-refractivity contribution is -0.132. The Labute approximate surface area is 190 Å². The zero-order valence-corrected chi connectivity index (χ0v) is 21.0. The van der Waals surface area contributed by atoms with E-state index in [1.54, 1.807) is 5.57 Å². The maximum atomic E-state index is 10.6. The molecule has 0 spiro atoms. The highest BCUT2D eigenvalue weighted by atomic mass is 16.6. The van der Waals surface area contributed by atoms with Crippen molar-refractivity contribution in [3.8, 4) is 0 Å². The van der Waals surface area contributed by atoms with Crippen LogP contribution in [0.25, 0.3) is 0 Å². The smallest absolute Gasteiger partial charge is 0.0895 e. The number of hydrogen-bond acceptors (Lipinski definition) is 2. The standard InChI is InChI=1S/C29H46O2/c1-25(2)11-13-29(17-30)14-12-27(5)18-9-10-23-26(3,4)24-22(31-24)16-28(23,6)19(18)7-8-20(27)21(29)15-25/h8,18-19,21-24,30H,7,9-17H2,1-6H3/t18?,19-,21-,22-,23-,24-,27-,28+,29+/m0/s1. The fourth-order valence-corrected chi connectivity index (χ4v) is 10.6. The van der Waals surface area contributed by atoms with E-state index in [-0.39, 0.29) is 5.41 Å². The molecule has 0 aromatic carbocycles. The highest BCUT2D eigenvalue weighted by Crippen LogP contribution is 2.73. The van der Waals surface area contributed by atoms with Crippen LogP contribution in [0.1, 0.15) is 99.3 Å². The van der Waals surface area contributed by atoms with Gasteiger partial charge in [-0.15, -0.1) is 0 Å². The molecule has 0 aromatic rings. The number of fused-ring (bicyclic) bond motifs is 8. The quantitative estimate of drug-likeness (QED) is 0.371. The largest absolute Gasteiger partial charge is 0.396 e. The second-order valence-electron chi connectivity index (χ2n) is 14.7. The van der Waals surface area contributed by atoms with Gasteiger partial charge in [-0.05, 0) is 103 Å². The van der Waals surface area contributed by atoms with Gasteiger partial charge in [0.2, 0.25) is 0 Å². The van der Waals surface area contributed by atoms with Crippen LogP contribution >= 0.6 is 0 Å². The molecule has 6 rings (SSSR count). The number of aliphatic hydroxyl groups excluding tert-OH is 1. The van der Waals surface area contributed by atoms with Crippen molar-refractivity contribution in [3.63, 3.8) is 0 Å². The van der Waals surface area contributed by atoms with Gasteiger partial charge < -0.3 is 9.84 Å². The van der Waals surface area contributed by atoms with E-state index in [4.69, 9.17) is 4.74 Å². The molecular weight excluding hydrogens is 380 g/mol. The van der Waals surface area contributed by atoms with Crippen molar-refractivity contribution in [1.82, 2.24) is 0 Å². The number of allylic oxidation sites excluding steroid dienone is 2. The Balaban J connectivity index is 1.39. The maximum Gasteiger partial charge on any atom is 0.0895 e. The minimum absolute atomic E-state index is 0.163. The average Bonchev–Trinajstić information content (AvgIpc) is 3.47. The molecule has 2 heteroatoms. The second kappa shape index (κ2) is 6.21. The normalized spacial score (nSPS) is 56.2. The Hall–Kier alpha value is -0.340. The first-order valence-electron chi connectivity index (χ1n) is 13.4. The first-order valence-corrected chi connectivity index (χ1v) is 13.4. The number of rotatable bonds is 1. The number of hydrogen-bond donors (Lipinski definition) is 1. The Morgan fingerprint density at radius 1 is 0.935 bits per heavy atom. The molecular formula is C29H46O2. The summed E-state index contributed by atoms with van der Waals surface area (Å²) in [7, 11) is 0. The molecule has 31 heavy (non-hydrogen) atoms. The molecule has 1 saturated heterocycles. The van der Waals surface area contributed by atoms with E-state index in [2.05, 4.69) is 47.6 Å². The van der Waals surface area contributed by atoms with E-state index in [1.165, 1.54) is 57.8 Å². The lowest BCUT2D eigenvalue weighted by atomic mass is 9.38. The van der Waals surface area contributed by atoms with Crippen molar-refractivity contribution in [2.75, 3.05) is 6.61 Å². The third-order valence-corrected chi connectivity index (χ3v) is 12.4. The third kappa shape index (κ3) is 2.64. The van der Waals surface area contributed by atoms with Crippen molar-refractivity contribution < 1.29 is 9.84 Å². The molecule has 0 aromatic heterocycles. The molecule has 2 nitrogen and oxygen atoms in total. The molecule has 1 N–H and O–H groups in total. The van der Waals surface area contributed by atoms with E-state index in [0.717, 1.165) is 17.8 Å². The first kappa shape index (κ1) is 21.2. The fraction of sp³-hybridized carbons (Fsp3) is 0.931. The van der Waals surface area contributed by atoms with E-state index in [1.807, 2.05) is 0 Å². The van der Waals surface area contributed by atoms with E-state index in [9.17, 15) is 5.11 Å². The van der Waals surface area contributed by atoms with Gasteiger partial charge in [-0.25, -0.2) is 0 Å². The summed E-state index contributed by atoms with van der Waals surface area (Å²) in [6.07, 6.45) is 15.5. The van der Waals surface area contributed by atoms with Crippen LogP contribution in [0.2, 0.25) is 0 Å². The Kier molecular flexibility index (Phi) is 4.25. The number of aliphatic hydroxyl groups is 1. The summed E-state index contributed by atoms with van der Waals surface area (Å²) in [5, 5.41) is 10.6. The Morgan fingerprint density at radius 2 is 1.68 bits per heavy atom. The molecule has 6 aliphatic rings. The summed E-state index contributed by atoms with van der Waals surface area (Å²) in [5.74, 6) is 3.03. The molecule has 4 saturated carbocycles. The monoisotopic (exact) mass is 426 g/mol. The molecule has 9 atom stereocenters. The topological polar surface area (TPSA) is 32.8 Å². The van der Waals surface area contributed by atoms with Crippen molar-refractivity contribution in [1.29, 1.82) is 0 Å². The van der Waals surface area contributed by atoms with Gasteiger partial charge in [-0.2, -0.15) is 0 Å². The van der Waals surface area contributed by atoms with Crippen LogP contribution in [0.15, 0.2) is 11.6 Å². The summed E-state index contributed by atoms with van der Waals surface area (Å²) >= 11 is 0. The van der Waals surface area contributed by atoms with E-state index >= 15 is 0 Å². The van der Waals surface area contributed by atoms with Crippen LogP contribution < -0.4 is 0 Å². The zero-order valence-electron chi connectivity index (χ0n) is 21.0. The molecule has 174 valence electrons. The van der Waals surface area contributed by atoms with Crippen LogP contribution in [0.3, 0.4) is 0 Å². The van der Waals surface area contributed by atoms with Crippen molar-refractivity contribution in [2.45, 2.75) is 112 Å². The van der Waals surface area contributed by atoms with Gasteiger partial charge in [0.05, 0.1) is 12.2 Å². The summed E-state index contributed by atoms with van der Waals surface area (Å²) in [5.41, 5.74) is 3.45. The molecule has 0 bridgehead atoms. The Bertz CT molecular complexity index is 810. The number of epoxide rings is 1. The summed E-state index contributed by atoms with van der Waals surface area (Å²) < 4.78 is 6.24. The van der Waals surface area contributed by atoms with Crippen LogP contribution in [-0.4, -0.2) is 23.9 Å². The van der Waals surface area contributed by atoms with E-state index in [0.29, 0.717) is 46.4 Å². The molecule has 1 aliphatic heterocycles. The summed E-state index contributed by atoms with van der Waals surface area (Å²) in [6.45, 7) is 15.6. The van der Waals surface area contributed by atoms with Gasteiger partial charge in [-0.1, -0.05) is 53.2 Å². The van der Waals surface area contributed by atoms with Crippen molar-refractivity contribution in [3.05, 3.63) is 11.6 Å². The summed E-state index contributed by atoms with van der Waals surface area (Å²) in [4.78, 5) is 0. The van der Waals surface area contributed by atoms with Gasteiger partial charge in [0.15, 0.2) is 0 Å².